The van der Waals surface area contributed by atoms with Gasteiger partial charge < -0.3 is 29.7 Å². The van der Waals surface area contributed by atoms with E-state index in [0.29, 0.717) is 36.3 Å². The number of hydrogen-bond donors (Lipinski definition) is 2. The standard InChI is InChI=1S/C25H25N5O5/c1-33-17-3-4-20-19(9-17)22(6-7-26-20)29-11-15(12-29)27-10-18-13-30(25(32)35-18)16-2-5-23-21(8-16)28-24(31)14-34-23/h2-9,15,18,27H,10-14H2,1H3,(H,28,31)/t18-/m1/s1. The predicted molar refractivity (Wildman–Crippen MR) is 130 cm³/mol. The number of cyclic esters (lactones) is 1. The molecule has 1 aromatic heterocycles. The first-order valence-corrected chi connectivity index (χ1v) is 11.5. The molecule has 10 nitrogen and oxygen atoms in total. The van der Waals surface area contributed by atoms with Crippen LogP contribution in [0.4, 0.5) is 21.9 Å². The van der Waals surface area contributed by atoms with Gasteiger partial charge in [-0.2, -0.15) is 0 Å². The van der Waals surface area contributed by atoms with Gasteiger partial charge in [-0.1, -0.05) is 0 Å². The molecule has 0 spiro atoms. The number of carbonyl (C=O) groups excluding carboxylic acids is 2. The summed E-state index contributed by atoms with van der Waals surface area (Å²) in [5.74, 6) is 1.19. The van der Waals surface area contributed by atoms with Crippen molar-refractivity contribution < 1.29 is 23.8 Å². The van der Waals surface area contributed by atoms with Gasteiger partial charge in [-0.15, -0.1) is 0 Å². The topological polar surface area (TPSA) is 105 Å². The van der Waals surface area contributed by atoms with E-state index in [1.54, 1.807) is 30.2 Å². The summed E-state index contributed by atoms with van der Waals surface area (Å²) in [6, 6.07) is 13.5. The van der Waals surface area contributed by atoms with Crippen LogP contribution in [0.15, 0.2) is 48.7 Å². The van der Waals surface area contributed by atoms with Gasteiger partial charge in [0.25, 0.3) is 5.91 Å². The third-order valence-electron chi connectivity index (χ3n) is 6.56. The number of nitrogens with one attached hydrogen (secondary N) is 2. The zero-order chi connectivity index (χ0) is 23.9. The third kappa shape index (κ3) is 4.06. The number of fused-ring (bicyclic) bond motifs is 2. The first kappa shape index (κ1) is 21.5. The van der Waals surface area contributed by atoms with E-state index >= 15 is 0 Å². The van der Waals surface area contributed by atoms with Gasteiger partial charge in [0, 0.05) is 48.6 Å². The number of benzene rings is 2. The van der Waals surface area contributed by atoms with Gasteiger partial charge in [0.05, 0.1) is 24.9 Å². The number of nitrogens with zero attached hydrogens (tertiary/aromatic N) is 3. The van der Waals surface area contributed by atoms with Crippen molar-refractivity contribution >= 4 is 40.0 Å². The number of ether oxygens (including phenoxy) is 3. The quantitative estimate of drug-likeness (QED) is 0.560. The molecule has 35 heavy (non-hydrogen) atoms. The zero-order valence-electron chi connectivity index (χ0n) is 19.2. The van der Waals surface area contributed by atoms with Crippen LogP contribution < -0.4 is 29.9 Å². The number of hydrogen-bond acceptors (Lipinski definition) is 8. The summed E-state index contributed by atoms with van der Waals surface area (Å²) in [5, 5.41) is 7.35. The molecular formula is C25H25N5O5. The first-order valence-electron chi connectivity index (χ1n) is 11.5. The summed E-state index contributed by atoms with van der Waals surface area (Å²) < 4.78 is 16.3. The lowest BCUT2D eigenvalue weighted by Crippen LogP contribution is -2.59. The Bertz CT molecular complexity index is 1310. The van der Waals surface area contributed by atoms with Crippen molar-refractivity contribution in [2.75, 3.05) is 55.0 Å². The minimum atomic E-state index is -0.396. The lowest BCUT2D eigenvalue weighted by Gasteiger charge is -2.42. The Labute approximate surface area is 201 Å². The highest BCUT2D eigenvalue weighted by Crippen LogP contribution is 2.34. The monoisotopic (exact) mass is 475 g/mol. The Kier molecular flexibility index (Phi) is 5.29. The maximum Gasteiger partial charge on any atom is 0.414 e. The molecule has 0 saturated carbocycles. The summed E-state index contributed by atoms with van der Waals surface area (Å²) in [6.45, 7) is 2.70. The fraction of sp³-hybridized carbons (Fsp3) is 0.320. The highest BCUT2D eigenvalue weighted by Gasteiger charge is 2.35. The van der Waals surface area contributed by atoms with Crippen LogP contribution in [-0.2, 0) is 9.53 Å². The van der Waals surface area contributed by atoms with Gasteiger partial charge in [0.15, 0.2) is 6.61 Å². The van der Waals surface area contributed by atoms with E-state index in [9.17, 15) is 9.59 Å². The van der Waals surface area contributed by atoms with Crippen LogP contribution in [0.25, 0.3) is 10.9 Å². The SMILES string of the molecule is COc1ccc2nccc(N3CC(NC[C@@H]4CN(c5ccc6c(c5)NC(=O)CO6)C(=O)O4)C3)c2c1. The van der Waals surface area contributed by atoms with Crippen LogP contribution in [0.3, 0.4) is 0 Å². The van der Waals surface area contributed by atoms with Gasteiger partial charge in [0.2, 0.25) is 0 Å². The van der Waals surface area contributed by atoms with Gasteiger partial charge in [-0.05, 0) is 42.5 Å². The minimum absolute atomic E-state index is 0.00395. The van der Waals surface area contributed by atoms with Crippen molar-refractivity contribution in [3.05, 3.63) is 48.7 Å². The van der Waals surface area contributed by atoms with Crippen molar-refractivity contribution in [1.82, 2.24) is 10.3 Å². The maximum absolute atomic E-state index is 12.5. The van der Waals surface area contributed by atoms with Crippen molar-refractivity contribution in [1.29, 1.82) is 0 Å². The molecule has 180 valence electrons. The smallest absolute Gasteiger partial charge is 0.414 e. The molecule has 10 heteroatoms. The molecule has 0 unspecified atom stereocenters. The predicted octanol–water partition coefficient (Wildman–Crippen LogP) is 2.38. The van der Waals surface area contributed by atoms with Crippen LogP contribution >= 0.6 is 0 Å². The molecule has 3 aliphatic heterocycles. The summed E-state index contributed by atoms with van der Waals surface area (Å²) in [5.41, 5.74) is 3.29. The van der Waals surface area contributed by atoms with Crippen molar-refractivity contribution in [3.63, 3.8) is 0 Å². The molecule has 3 aromatic rings. The molecular weight excluding hydrogens is 450 g/mol. The van der Waals surface area contributed by atoms with Gasteiger partial charge >= 0.3 is 6.09 Å². The molecule has 0 aliphatic carbocycles. The third-order valence-corrected chi connectivity index (χ3v) is 6.56. The molecule has 2 amide bonds. The van der Waals surface area contributed by atoms with E-state index in [0.717, 1.165) is 35.4 Å². The number of amides is 2. The molecule has 3 aliphatic rings. The summed E-state index contributed by atoms with van der Waals surface area (Å²) in [6.07, 6.45) is 1.17. The van der Waals surface area contributed by atoms with Crippen LogP contribution in [0, 0.1) is 0 Å². The van der Waals surface area contributed by atoms with Crippen LogP contribution in [0.1, 0.15) is 0 Å². The average molecular weight is 476 g/mol. The van der Waals surface area contributed by atoms with Crippen LogP contribution in [0.5, 0.6) is 11.5 Å². The van der Waals surface area contributed by atoms with E-state index in [4.69, 9.17) is 14.2 Å². The van der Waals surface area contributed by atoms with E-state index < -0.39 is 6.09 Å². The number of methoxy groups -OCH3 is 1. The Hall–Kier alpha value is -4.05. The van der Waals surface area contributed by atoms with Crippen molar-refractivity contribution in [3.8, 4) is 11.5 Å². The van der Waals surface area contributed by atoms with E-state index in [1.165, 1.54) is 0 Å². The fourth-order valence-corrected chi connectivity index (χ4v) is 4.69. The molecule has 2 saturated heterocycles. The highest BCUT2D eigenvalue weighted by atomic mass is 16.6. The second-order valence-electron chi connectivity index (χ2n) is 8.86. The number of anilines is 3. The molecule has 1 atom stereocenters. The number of aromatic nitrogens is 1. The first-order chi connectivity index (χ1) is 17.1. The van der Waals surface area contributed by atoms with Crippen molar-refractivity contribution in [2.24, 2.45) is 0 Å². The Morgan fingerprint density at radius 2 is 2.03 bits per heavy atom. The molecule has 0 bridgehead atoms. The highest BCUT2D eigenvalue weighted by molar-refractivity contribution is 5.97. The van der Waals surface area contributed by atoms with Crippen LogP contribution in [-0.4, -0.2) is 69.0 Å². The van der Waals surface area contributed by atoms with Gasteiger partial charge in [0.1, 0.15) is 17.6 Å². The van der Waals surface area contributed by atoms with Gasteiger partial charge in [-0.3, -0.25) is 14.7 Å². The van der Waals surface area contributed by atoms with Crippen molar-refractivity contribution in [2.45, 2.75) is 12.1 Å². The summed E-state index contributed by atoms with van der Waals surface area (Å²) in [4.78, 5) is 32.4. The molecule has 2 N–H and O–H groups in total. The molecule has 0 radical (unpaired) electrons. The van der Waals surface area contributed by atoms with Gasteiger partial charge in [-0.25, -0.2) is 4.79 Å². The summed E-state index contributed by atoms with van der Waals surface area (Å²) >= 11 is 0. The van der Waals surface area contributed by atoms with E-state index in [2.05, 4.69) is 20.5 Å². The molecule has 4 heterocycles. The lowest BCUT2D eigenvalue weighted by molar-refractivity contribution is -0.118. The second-order valence-corrected chi connectivity index (χ2v) is 8.86. The Balaban J connectivity index is 1.05. The fourth-order valence-electron chi connectivity index (χ4n) is 4.69. The lowest BCUT2D eigenvalue weighted by atomic mass is 10.0. The van der Waals surface area contributed by atoms with Crippen LogP contribution in [0.2, 0.25) is 0 Å². The molecule has 6 rings (SSSR count). The zero-order valence-corrected chi connectivity index (χ0v) is 19.2. The molecule has 2 aromatic carbocycles. The maximum atomic E-state index is 12.5. The average Bonchev–Trinajstić information content (AvgIpc) is 3.22. The normalized spacial score (nSPS) is 19.6. The largest absolute Gasteiger partial charge is 0.497 e. The Morgan fingerprint density at radius 3 is 2.89 bits per heavy atom. The molecule has 2 fully saturated rings. The van der Waals surface area contributed by atoms with E-state index in [1.807, 2.05) is 30.5 Å². The summed E-state index contributed by atoms with van der Waals surface area (Å²) in [7, 11) is 1.66. The minimum Gasteiger partial charge on any atom is -0.497 e. The number of pyridine rings is 1. The number of rotatable bonds is 6. The second kappa shape index (κ2) is 8.62. The van der Waals surface area contributed by atoms with E-state index in [-0.39, 0.29) is 18.6 Å². The number of carbonyl (C=O) groups is 2. The Morgan fingerprint density at radius 1 is 1.14 bits per heavy atom.